The molecule has 4 N–H and O–H groups in total. The van der Waals surface area contributed by atoms with Crippen molar-refractivity contribution in [1.82, 2.24) is 4.98 Å². The minimum absolute atomic E-state index is 0.0464. The number of nitrogens with two attached hydrogens (primary N) is 2. The second-order valence-electron chi connectivity index (χ2n) is 7.11. The highest BCUT2D eigenvalue weighted by atomic mass is 35.5. The molecule has 0 bridgehead atoms. The van der Waals surface area contributed by atoms with Crippen LogP contribution in [-0.4, -0.2) is 23.8 Å². The SMILES string of the molecule is C=C(O/C(C#C/C(=N/N)N(C(=C)c1ccc(Cl)cc1Cl)c1ccccc1Cl)=N\N)c1ccnc(OC)c1. The quantitative estimate of drug-likeness (QED) is 0.0998. The molecule has 8 nitrogen and oxygen atoms in total. The number of hydrogen-bond donors (Lipinski definition) is 2. The van der Waals surface area contributed by atoms with E-state index in [9.17, 15) is 0 Å². The first-order valence-electron chi connectivity index (χ1n) is 10.4. The molecule has 0 radical (unpaired) electrons. The number of halogens is 3. The third-order valence-electron chi connectivity index (χ3n) is 4.82. The summed E-state index contributed by atoms with van der Waals surface area (Å²) in [6, 6.07) is 15.3. The Morgan fingerprint density at radius 3 is 2.38 bits per heavy atom. The summed E-state index contributed by atoms with van der Waals surface area (Å²) in [6.07, 6.45) is 1.54. The molecule has 0 aliphatic carbocycles. The fourth-order valence-corrected chi connectivity index (χ4v) is 3.81. The van der Waals surface area contributed by atoms with Gasteiger partial charge in [-0.2, -0.15) is 5.10 Å². The fourth-order valence-electron chi connectivity index (χ4n) is 3.07. The van der Waals surface area contributed by atoms with Gasteiger partial charge in [0.25, 0.3) is 5.90 Å². The molecule has 188 valence electrons. The molecule has 0 spiro atoms. The van der Waals surface area contributed by atoms with Gasteiger partial charge in [-0.3, -0.25) is 4.90 Å². The van der Waals surface area contributed by atoms with E-state index in [1.165, 1.54) is 7.11 Å². The van der Waals surface area contributed by atoms with Crippen molar-refractivity contribution in [3.63, 3.8) is 0 Å². The van der Waals surface area contributed by atoms with Gasteiger partial charge in [0.2, 0.25) is 11.7 Å². The summed E-state index contributed by atoms with van der Waals surface area (Å²) in [5.41, 5.74) is 2.02. The monoisotopic (exact) mass is 554 g/mol. The number of anilines is 1. The van der Waals surface area contributed by atoms with Crippen LogP contribution in [0.5, 0.6) is 5.88 Å². The van der Waals surface area contributed by atoms with E-state index in [2.05, 4.69) is 40.2 Å². The highest BCUT2D eigenvalue weighted by Crippen LogP contribution is 2.35. The molecule has 0 fully saturated rings. The van der Waals surface area contributed by atoms with Crippen molar-refractivity contribution in [1.29, 1.82) is 0 Å². The molecule has 11 heteroatoms. The van der Waals surface area contributed by atoms with E-state index in [-0.39, 0.29) is 17.5 Å². The Balaban J connectivity index is 1.98. The second kappa shape index (κ2) is 12.7. The highest BCUT2D eigenvalue weighted by molar-refractivity contribution is 6.37. The molecule has 3 aromatic rings. The first-order valence-corrected chi connectivity index (χ1v) is 11.6. The number of rotatable bonds is 6. The highest BCUT2D eigenvalue weighted by Gasteiger charge is 2.22. The van der Waals surface area contributed by atoms with Gasteiger partial charge in [-0.15, -0.1) is 5.10 Å². The van der Waals surface area contributed by atoms with Gasteiger partial charge in [0.15, 0.2) is 0 Å². The van der Waals surface area contributed by atoms with Crippen molar-refractivity contribution < 1.29 is 9.47 Å². The molecule has 0 aliphatic heterocycles. The first kappa shape index (κ1) is 27.4. The predicted molar refractivity (Wildman–Crippen MR) is 151 cm³/mol. The minimum Gasteiger partial charge on any atom is -0.481 e. The van der Waals surface area contributed by atoms with Crippen molar-refractivity contribution in [3.8, 4) is 17.7 Å². The van der Waals surface area contributed by atoms with Gasteiger partial charge in [-0.25, -0.2) is 4.98 Å². The summed E-state index contributed by atoms with van der Waals surface area (Å²) < 4.78 is 10.8. The molecule has 1 aromatic heterocycles. The summed E-state index contributed by atoms with van der Waals surface area (Å²) >= 11 is 19.0. The zero-order valence-corrected chi connectivity index (χ0v) is 21.8. The standard InChI is InChI=1S/C26H21Cl3N6O2/c1-16(20-9-8-19(27)15-22(20)29)35(23-7-5-4-6-21(23)28)24(33-30)10-11-25(34-31)37-17(2)18-12-13-32-26(14-18)36-3/h4-9,12-15H,1-2,30-31H2,3H3/b33-24-,34-25-. The van der Waals surface area contributed by atoms with Crippen molar-refractivity contribution in [3.05, 3.63) is 100 Å². The molecule has 0 saturated carbocycles. The van der Waals surface area contributed by atoms with Crippen LogP contribution in [0.15, 0.2) is 84.2 Å². The van der Waals surface area contributed by atoms with Gasteiger partial charge in [0.05, 0.1) is 22.8 Å². The van der Waals surface area contributed by atoms with Gasteiger partial charge in [0.1, 0.15) is 5.76 Å². The van der Waals surface area contributed by atoms with E-state index in [1.54, 1.807) is 65.7 Å². The third-order valence-corrected chi connectivity index (χ3v) is 5.69. The Kier molecular flexibility index (Phi) is 9.41. The summed E-state index contributed by atoms with van der Waals surface area (Å²) in [7, 11) is 1.50. The lowest BCUT2D eigenvalue weighted by molar-refractivity contribution is 0.397. The van der Waals surface area contributed by atoms with Crippen molar-refractivity contribution in [2.45, 2.75) is 0 Å². The van der Waals surface area contributed by atoms with Crippen LogP contribution in [0.1, 0.15) is 11.1 Å². The number of pyridine rings is 1. The van der Waals surface area contributed by atoms with Gasteiger partial charge in [-0.1, -0.05) is 60.1 Å². The van der Waals surface area contributed by atoms with Gasteiger partial charge in [0, 0.05) is 40.0 Å². The molecule has 0 aliphatic rings. The number of para-hydroxylation sites is 1. The predicted octanol–water partition coefficient (Wildman–Crippen LogP) is 5.76. The van der Waals surface area contributed by atoms with E-state index in [4.69, 9.17) is 56.0 Å². The molecule has 0 amide bonds. The van der Waals surface area contributed by atoms with Crippen LogP contribution in [0, 0.1) is 11.8 Å². The van der Waals surface area contributed by atoms with E-state index in [1.807, 2.05) is 0 Å². The topological polar surface area (TPSA) is 111 Å². The molecule has 2 aromatic carbocycles. The lowest BCUT2D eigenvalue weighted by Crippen LogP contribution is -2.29. The van der Waals surface area contributed by atoms with Gasteiger partial charge >= 0.3 is 0 Å². The number of amidine groups is 1. The summed E-state index contributed by atoms with van der Waals surface area (Å²) in [6.45, 7) is 8.05. The lowest BCUT2D eigenvalue weighted by Gasteiger charge is -2.26. The Morgan fingerprint density at radius 2 is 1.73 bits per heavy atom. The summed E-state index contributed by atoms with van der Waals surface area (Å²) in [4.78, 5) is 5.59. The Bertz CT molecular complexity index is 1460. The number of ether oxygens (including phenoxy) is 2. The number of aromatic nitrogens is 1. The molecule has 37 heavy (non-hydrogen) atoms. The number of nitrogens with zero attached hydrogens (tertiary/aromatic N) is 4. The molecule has 0 saturated heterocycles. The maximum atomic E-state index is 6.49. The smallest absolute Gasteiger partial charge is 0.290 e. The normalized spacial score (nSPS) is 11.2. The number of methoxy groups -OCH3 is 1. The van der Waals surface area contributed by atoms with Gasteiger partial charge in [-0.05, 0) is 42.3 Å². The van der Waals surface area contributed by atoms with Crippen LogP contribution in [-0.2, 0) is 4.74 Å². The summed E-state index contributed by atoms with van der Waals surface area (Å²) in [5, 5.41) is 8.65. The van der Waals surface area contributed by atoms with E-state index >= 15 is 0 Å². The minimum atomic E-state index is -0.156. The molecular weight excluding hydrogens is 535 g/mol. The van der Waals surface area contributed by atoms with E-state index in [0.29, 0.717) is 43.5 Å². The molecule has 1 heterocycles. The zero-order valence-electron chi connectivity index (χ0n) is 19.6. The zero-order chi connectivity index (χ0) is 26.9. The Morgan fingerprint density at radius 1 is 0.973 bits per heavy atom. The average Bonchev–Trinajstić information content (AvgIpc) is 2.90. The Labute approximate surface area is 229 Å². The third kappa shape index (κ3) is 6.74. The van der Waals surface area contributed by atoms with Crippen LogP contribution >= 0.6 is 34.8 Å². The van der Waals surface area contributed by atoms with E-state index in [0.717, 1.165) is 0 Å². The van der Waals surface area contributed by atoms with Crippen molar-refractivity contribution in [2.75, 3.05) is 12.0 Å². The fraction of sp³-hybridized carbons (Fsp3) is 0.0385. The number of hydrogen-bond acceptors (Lipinski definition) is 7. The largest absolute Gasteiger partial charge is 0.481 e. The van der Waals surface area contributed by atoms with Crippen LogP contribution in [0.25, 0.3) is 11.5 Å². The summed E-state index contributed by atoms with van der Waals surface area (Å²) in [5.74, 6) is 17.2. The number of benzene rings is 2. The Hall–Kier alpha value is -4.16. The van der Waals surface area contributed by atoms with Crippen LogP contribution in [0.4, 0.5) is 5.69 Å². The number of hydrazone groups is 2. The van der Waals surface area contributed by atoms with Crippen LogP contribution in [0.2, 0.25) is 15.1 Å². The lowest BCUT2D eigenvalue weighted by atomic mass is 10.1. The van der Waals surface area contributed by atoms with Crippen molar-refractivity contribution in [2.24, 2.45) is 21.9 Å². The molecule has 3 rings (SSSR count). The average molecular weight is 556 g/mol. The maximum Gasteiger partial charge on any atom is 0.290 e. The second-order valence-corrected chi connectivity index (χ2v) is 8.36. The van der Waals surface area contributed by atoms with E-state index < -0.39 is 0 Å². The van der Waals surface area contributed by atoms with Crippen LogP contribution in [0.3, 0.4) is 0 Å². The molecule has 0 atom stereocenters. The van der Waals surface area contributed by atoms with Crippen LogP contribution < -0.4 is 21.3 Å². The maximum absolute atomic E-state index is 6.49. The first-order chi connectivity index (χ1) is 17.8. The molecular formula is C26H21Cl3N6O2. The molecule has 0 unspecified atom stereocenters. The van der Waals surface area contributed by atoms with Gasteiger partial charge < -0.3 is 21.2 Å². The van der Waals surface area contributed by atoms with Crippen molar-refractivity contribution >= 4 is 63.7 Å².